The molecule has 66 valence electrons. The van der Waals surface area contributed by atoms with E-state index in [1.807, 2.05) is 60.7 Å². The Kier molecular flexibility index (Phi) is 11.7. The summed E-state index contributed by atoms with van der Waals surface area (Å²) in [6.45, 7) is 0. The van der Waals surface area contributed by atoms with Gasteiger partial charge in [0.15, 0.2) is 0 Å². The van der Waals surface area contributed by atoms with Gasteiger partial charge in [-0.1, -0.05) is 0 Å². The third-order valence-electron chi connectivity index (χ3n) is 1.11. The monoisotopic (exact) mass is 204 g/mol. The molecule has 0 unspecified atom stereocenters. The van der Waals surface area contributed by atoms with Gasteiger partial charge in [-0.15, -0.1) is 0 Å². The van der Waals surface area contributed by atoms with Gasteiger partial charge in [-0.3, -0.25) is 0 Å². The van der Waals surface area contributed by atoms with Crippen molar-refractivity contribution in [2.24, 2.45) is 0 Å². The molecule has 2 aromatic carbocycles. The zero-order valence-corrected chi connectivity index (χ0v) is 8.15. The summed E-state index contributed by atoms with van der Waals surface area (Å²) >= 11 is 0. The Morgan fingerprint density at radius 3 is 0.917 bits per heavy atom. The molecule has 0 radical (unpaired) electrons. The smallest absolute Gasteiger partial charge is 0.358 e. The summed E-state index contributed by atoms with van der Waals surface area (Å²) in [7, 11) is 0. The molecule has 0 aliphatic heterocycles. The minimum Gasteiger partial charge on any atom is -0.358 e. The Labute approximate surface area is 85.2 Å². The average Bonchev–Trinajstić information content (AvgIpc) is 2.67. The summed E-state index contributed by atoms with van der Waals surface area (Å²) in [5.41, 5.74) is 0. The summed E-state index contributed by atoms with van der Waals surface area (Å²) in [6, 6.07) is 20.0. The van der Waals surface area contributed by atoms with Gasteiger partial charge in [-0.25, -0.2) is 24.3 Å². The zero-order valence-electron chi connectivity index (χ0n) is 7.11. The summed E-state index contributed by atoms with van der Waals surface area (Å²) in [4.78, 5) is 0. The van der Waals surface area contributed by atoms with Crippen molar-refractivity contribution in [3.8, 4) is 0 Å². The molecule has 1 heteroatoms. The van der Waals surface area contributed by atoms with Crippen LogP contribution in [0.15, 0.2) is 60.7 Å². The fraction of sp³-hybridized carbons (Fsp3) is 0. The van der Waals surface area contributed by atoms with Crippen LogP contribution in [0, 0.1) is 7.43 Å². The molecule has 0 aromatic heterocycles. The van der Waals surface area contributed by atoms with Crippen LogP contribution in [-0.4, -0.2) is 0 Å². The van der Waals surface area contributed by atoms with Crippen LogP contribution in [0.2, 0.25) is 0 Å². The van der Waals surface area contributed by atoms with Crippen LogP contribution in [0.4, 0.5) is 0 Å². The van der Waals surface area contributed by atoms with Crippen molar-refractivity contribution in [3.63, 3.8) is 0 Å². The molecule has 12 heavy (non-hydrogen) atoms. The van der Waals surface area contributed by atoms with E-state index in [2.05, 4.69) is 0 Å². The van der Waals surface area contributed by atoms with Gasteiger partial charge in [0.25, 0.3) is 0 Å². The maximum atomic E-state index is 2.00. The Morgan fingerprint density at radius 2 is 0.833 bits per heavy atom. The number of hydrogen-bond acceptors (Lipinski definition) is 0. The number of rotatable bonds is 0. The topological polar surface area (TPSA) is 0 Å². The summed E-state index contributed by atoms with van der Waals surface area (Å²) in [5, 5.41) is 0. The van der Waals surface area contributed by atoms with Crippen LogP contribution in [0.25, 0.3) is 0 Å². The van der Waals surface area contributed by atoms with Gasteiger partial charge >= 0.3 is 16.8 Å². The van der Waals surface area contributed by atoms with Gasteiger partial charge in [0.2, 0.25) is 0 Å². The molecule has 0 atom stereocenters. The van der Waals surface area contributed by atoms with Gasteiger partial charge in [-0.05, 0) is 0 Å². The summed E-state index contributed by atoms with van der Waals surface area (Å²) in [5.74, 6) is 0. The fourth-order valence-corrected chi connectivity index (χ4v) is 0.642. The van der Waals surface area contributed by atoms with Crippen molar-refractivity contribution < 1.29 is 16.8 Å². The van der Waals surface area contributed by atoms with E-state index in [-0.39, 0.29) is 24.2 Å². The van der Waals surface area contributed by atoms with E-state index >= 15 is 0 Å². The van der Waals surface area contributed by atoms with Crippen molar-refractivity contribution in [1.29, 1.82) is 0 Å². The third-order valence-corrected chi connectivity index (χ3v) is 1.11. The minimum atomic E-state index is 0. The van der Waals surface area contributed by atoms with Crippen LogP contribution in [0.3, 0.4) is 0 Å². The molecule has 0 aliphatic carbocycles. The van der Waals surface area contributed by atoms with Crippen LogP contribution in [0.5, 0.6) is 0 Å². The van der Waals surface area contributed by atoms with Crippen LogP contribution in [0.1, 0.15) is 0 Å². The molecule has 0 saturated heterocycles. The Morgan fingerprint density at radius 1 is 0.583 bits per heavy atom. The van der Waals surface area contributed by atoms with Gasteiger partial charge in [0.05, 0.1) is 0 Å². The van der Waals surface area contributed by atoms with E-state index < -0.39 is 0 Å². The average molecular weight is 204 g/mol. The molecule has 2 rings (SSSR count). The van der Waals surface area contributed by atoms with E-state index in [1.165, 1.54) is 0 Å². The van der Waals surface area contributed by atoms with Crippen LogP contribution < -0.4 is 0 Å². The minimum absolute atomic E-state index is 0. The van der Waals surface area contributed by atoms with E-state index in [0.717, 1.165) is 0 Å². The maximum Gasteiger partial charge on any atom is 3.00 e. The summed E-state index contributed by atoms with van der Waals surface area (Å²) < 4.78 is 0. The quantitative estimate of drug-likeness (QED) is 0.578. The van der Waals surface area contributed by atoms with Crippen LogP contribution in [-0.2, 0) is 16.8 Å². The fourth-order valence-electron chi connectivity index (χ4n) is 0.642. The molecule has 2 aromatic rings. The first kappa shape index (κ1) is 13.8. The molecule has 0 saturated carbocycles. The molecule has 0 bridgehead atoms. The van der Waals surface area contributed by atoms with Crippen molar-refractivity contribution in [2.75, 3.05) is 0 Å². The second kappa shape index (κ2) is 10.2. The van der Waals surface area contributed by atoms with Crippen molar-refractivity contribution in [2.45, 2.75) is 0 Å². The maximum absolute atomic E-state index is 2.00. The van der Waals surface area contributed by atoms with Crippen molar-refractivity contribution >= 4 is 0 Å². The first-order valence-corrected chi connectivity index (χ1v) is 3.33. The predicted octanol–water partition coefficient (Wildman–Crippen LogP) is 3.26. The first-order chi connectivity index (χ1) is 5.00. The number of hydrogen-bond donors (Lipinski definition) is 0. The Hall–Kier alpha value is -0.794. The van der Waals surface area contributed by atoms with E-state index in [0.29, 0.717) is 0 Å². The Balaban J connectivity index is 0. The molecule has 0 heterocycles. The molecular weight excluding hydrogens is 191 g/mol. The SMILES string of the molecule is [CH3-].[Co+3].c1cc[cH-]c1.c1cc[cH-]c1. The normalized spacial score (nSPS) is 6.67. The standard InChI is InChI=1S/2C5H5.CH3.Co/c2*1-2-4-5-3-1;;/h2*1-5H;1H3;/q3*-1;+3. The molecule has 0 amide bonds. The zero-order chi connectivity index (χ0) is 7.07. The van der Waals surface area contributed by atoms with Gasteiger partial charge in [0, 0.05) is 0 Å². The third kappa shape index (κ3) is 7.32. The first-order valence-electron chi connectivity index (χ1n) is 3.33. The molecule has 0 N–H and O–H groups in total. The summed E-state index contributed by atoms with van der Waals surface area (Å²) in [6.07, 6.45) is 0. The second-order valence-electron chi connectivity index (χ2n) is 1.92. The predicted molar refractivity (Wildman–Crippen MR) is 50.5 cm³/mol. The molecule has 0 nitrogen and oxygen atoms in total. The van der Waals surface area contributed by atoms with Gasteiger partial charge < -0.3 is 7.43 Å². The molecule has 0 spiro atoms. The molecule has 0 aliphatic rings. The van der Waals surface area contributed by atoms with Crippen molar-refractivity contribution in [3.05, 3.63) is 68.1 Å². The van der Waals surface area contributed by atoms with E-state index in [4.69, 9.17) is 0 Å². The Bertz CT molecular complexity index is 144. The molecular formula is C11H13Co. The largest absolute Gasteiger partial charge is 3.00 e. The van der Waals surface area contributed by atoms with Crippen molar-refractivity contribution in [1.82, 2.24) is 0 Å². The molecule has 0 fully saturated rings. The van der Waals surface area contributed by atoms with Crippen LogP contribution >= 0.6 is 0 Å². The van der Waals surface area contributed by atoms with E-state index in [1.54, 1.807) is 0 Å². The second-order valence-corrected chi connectivity index (χ2v) is 1.92. The van der Waals surface area contributed by atoms with Gasteiger partial charge in [0.1, 0.15) is 0 Å². The van der Waals surface area contributed by atoms with E-state index in [9.17, 15) is 0 Å². The van der Waals surface area contributed by atoms with Gasteiger partial charge in [-0.2, -0.15) is 36.4 Å².